The van der Waals surface area contributed by atoms with Gasteiger partial charge in [0, 0.05) is 6.54 Å². The molecule has 1 atom stereocenters. The zero-order valence-corrected chi connectivity index (χ0v) is 11.4. The van der Waals surface area contributed by atoms with E-state index >= 15 is 0 Å². The Balaban J connectivity index is 0. The number of hydrogen-bond donors (Lipinski definition) is 1. The van der Waals surface area contributed by atoms with Crippen molar-refractivity contribution < 1.29 is 9.84 Å². The summed E-state index contributed by atoms with van der Waals surface area (Å²) in [6, 6.07) is 0. The maximum absolute atomic E-state index is 9.30. The fourth-order valence-corrected chi connectivity index (χ4v) is 0.778. The average molecular weight is 219 g/mol. The van der Waals surface area contributed by atoms with E-state index < -0.39 is 0 Å². The van der Waals surface area contributed by atoms with Gasteiger partial charge in [-0.05, 0) is 33.9 Å². The van der Waals surface area contributed by atoms with Crippen molar-refractivity contribution in [3.8, 4) is 0 Å². The molecule has 1 unspecified atom stereocenters. The first-order valence-electron chi connectivity index (χ1n) is 5.70. The average Bonchev–Trinajstić information content (AvgIpc) is 1.98. The second-order valence-electron chi connectivity index (χ2n) is 5.03. The molecule has 0 radical (unpaired) electrons. The van der Waals surface area contributed by atoms with Crippen molar-refractivity contribution >= 4 is 0 Å². The molecule has 0 aromatic carbocycles. The lowest BCUT2D eigenvalue weighted by atomic mass is 10.3. The van der Waals surface area contributed by atoms with Gasteiger partial charge in [0.05, 0.1) is 18.8 Å². The van der Waals surface area contributed by atoms with Crippen molar-refractivity contribution in [1.29, 1.82) is 0 Å². The van der Waals surface area contributed by atoms with Gasteiger partial charge in [-0.1, -0.05) is 20.8 Å². The third kappa shape index (κ3) is 24.8. The van der Waals surface area contributed by atoms with Crippen LogP contribution in [0.15, 0.2) is 0 Å². The van der Waals surface area contributed by atoms with Crippen LogP contribution in [0, 0.1) is 5.92 Å². The standard InChI is InChI=1S/C8H19NO2.C4H10/c1-7(2)11-6-8(10)5-9(3)4;1-4(2)3/h7-8,10H,5-6H2,1-4H3;4H,1-3H3. The number of aliphatic hydroxyl groups is 1. The summed E-state index contributed by atoms with van der Waals surface area (Å²) in [5.41, 5.74) is 0. The van der Waals surface area contributed by atoms with E-state index in [9.17, 15) is 5.11 Å². The molecule has 0 spiro atoms. The van der Waals surface area contributed by atoms with Crippen molar-refractivity contribution in [2.45, 2.75) is 46.8 Å². The van der Waals surface area contributed by atoms with Crippen LogP contribution in [0.25, 0.3) is 0 Å². The normalized spacial score (nSPS) is 13.0. The Hall–Kier alpha value is -0.120. The molecule has 0 aromatic rings. The van der Waals surface area contributed by atoms with Gasteiger partial charge in [-0.2, -0.15) is 0 Å². The molecular weight excluding hydrogens is 190 g/mol. The molecule has 94 valence electrons. The van der Waals surface area contributed by atoms with Gasteiger partial charge in [-0.3, -0.25) is 0 Å². The number of ether oxygens (including phenoxy) is 1. The lowest BCUT2D eigenvalue weighted by Crippen LogP contribution is -2.30. The Morgan fingerprint density at radius 3 is 1.73 bits per heavy atom. The van der Waals surface area contributed by atoms with Gasteiger partial charge in [0.25, 0.3) is 0 Å². The molecule has 0 amide bonds. The first-order chi connectivity index (χ1) is 6.75. The third-order valence-corrected chi connectivity index (χ3v) is 1.20. The summed E-state index contributed by atoms with van der Waals surface area (Å²) in [4.78, 5) is 1.94. The van der Waals surface area contributed by atoms with Crippen LogP contribution in [0.3, 0.4) is 0 Å². The molecule has 0 rings (SSSR count). The minimum Gasteiger partial charge on any atom is -0.389 e. The topological polar surface area (TPSA) is 32.7 Å². The molecule has 0 aliphatic heterocycles. The summed E-state index contributed by atoms with van der Waals surface area (Å²) in [6.45, 7) is 11.5. The van der Waals surface area contributed by atoms with Crippen molar-refractivity contribution in [3.63, 3.8) is 0 Å². The minimum absolute atomic E-state index is 0.201. The Labute approximate surface area is 95.4 Å². The summed E-state index contributed by atoms with van der Waals surface area (Å²) < 4.78 is 5.23. The van der Waals surface area contributed by atoms with Crippen molar-refractivity contribution in [2.75, 3.05) is 27.2 Å². The fraction of sp³-hybridized carbons (Fsp3) is 1.00. The number of likely N-dealkylation sites (N-methyl/N-ethyl adjacent to an activating group) is 1. The Morgan fingerprint density at radius 1 is 1.07 bits per heavy atom. The number of nitrogens with zero attached hydrogens (tertiary/aromatic N) is 1. The van der Waals surface area contributed by atoms with E-state index in [4.69, 9.17) is 4.74 Å². The molecule has 3 heteroatoms. The minimum atomic E-state index is -0.368. The van der Waals surface area contributed by atoms with Gasteiger partial charge >= 0.3 is 0 Å². The lowest BCUT2D eigenvalue weighted by molar-refractivity contribution is -0.00312. The predicted octanol–water partition coefficient (Wildman–Crippen LogP) is 2.00. The van der Waals surface area contributed by atoms with Crippen LogP contribution in [-0.4, -0.2) is 49.5 Å². The Kier molecular flexibility index (Phi) is 12.0. The van der Waals surface area contributed by atoms with Gasteiger partial charge in [0.1, 0.15) is 0 Å². The fourth-order valence-electron chi connectivity index (χ4n) is 0.778. The molecule has 0 fully saturated rings. The first-order valence-corrected chi connectivity index (χ1v) is 5.70. The molecule has 0 saturated heterocycles. The summed E-state index contributed by atoms with van der Waals surface area (Å²) in [7, 11) is 3.86. The third-order valence-electron chi connectivity index (χ3n) is 1.20. The Morgan fingerprint density at radius 2 is 1.47 bits per heavy atom. The van der Waals surface area contributed by atoms with Crippen LogP contribution in [0.5, 0.6) is 0 Å². The van der Waals surface area contributed by atoms with Gasteiger partial charge in [-0.15, -0.1) is 0 Å². The molecular formula is C12H29NO2. The van der Waals surface area contributed by atoms with E-state index in [0.29, 0.717) is 13.2 Å². The van der Waals surface area contributed by atoms with E-state index in [1.165, 1.54) is 0 Å². The van der Waals surface area contributed by atoms with E-state index in [1.807, 2.05) is 32.8 Å². The van der Waals surface area contributed by atoms with Crippen LogP contribution < -0.4 is 0 Å². The molecule has 0 saturated carbocycles. The lowest BCUT2D eigenvalue weighted by Gasteiger charge is -2.17. The van der Waals surface area contributed by atoms with Crippen molar-refractivity contribution in [3.05, 3.63) is 0 Å². The molecule has 15 heavy (non-hydrogen) atoms. The van der Waals surface area contributed by atoms with Crippen LogP contribution >= 0.6 is 0 Å². The first kappa shape index (κ1) is 17.3. The predicted molar refractivity (Wildman–Crippen MR) is 66.2 cm³/mol. The summed E-state index contributed by atoms with van der Waals surface area (Å²) in [5, 5.41) is 9.30. The second kappa shape index (κ2) is 10.4. The quantitative estimate of drug-likeness (QED) is 0.767. The van der Waals surface area contributed by atoms with Crippen molar-refractivity contribution in [2.24, 2.45) is 5.92 Å². The van der Waals surface area contributed by atoms with Gasteiger partial charge in [-0.25, -0.2) is 0 Å². The molecule has 0 aliphatic rings. The zero-order chi connectivity index (χ0) is 12.4. The maximum Gasteiger partial charge on any atom is 0.0900 e. The number of rotatable bonds is 5. The molecule has 1 N–H and O–H groups in total. The summed E-state index contributed by atoms with van der Waals surface area (Å²) in [6.07, 6.45) is -0.167. The zero-order valence-electron chi connectivity index (χ0n) is 11.4. The Bertz CT molecular complexity index is 122. The molecule has 0 aliphatic carbocycles. The van der Waals surface area contributed by atoms with Crippen LogP contribution in [0.2, 0.25) is 0 Å². The smallest absolute Gasteiger partial charge is 0.0900 e. The van der Waals surface area contributed by atoms with Crippen LogP contribution in [-0.2, 0) is 4.74 Å². The summed E-state index contributed by atoms with van der Waals surface area (Å²) in [5.74, 6) is 0.833. The van der Waals surface area contributed by atoms with Gasteiger partial charge in [0.15, 0.2) is 0 Å². The molecule has 3 nitrogen and oxygen atoms in total. The highest BCUT2D eigenvalue weighted by Gasteiger charge is 2.05. The highest BCUT2D eigenvalue weighted by molar-refractivity contribution is 4.57. The summed E-state index contributed by atoms with van der Waals surface area (Å²) >= 11 is 0. The largest absolute Gasteiger partial charge is 0.389 e. The van der Waals surface area contributed by atoms with Gasteiger partial charge < -0.3 is 14.7 Å². The molecule has 0 heterocycles. The van der Waals surface area contributed by atoms with E-state index in [1.54, 1.807) is 0 Å². The highest BCUT2D eigenvalue weighted by atomic mass is 16.5. The molecule has 0 aromatic heterocycles. The maximum atomic E-state index is 9.30. The number of hydrogen-bond acceptors (Lipinski definition) is 3. The van der Waals surface area contributed by atoms with E-state index in [2.05, 4.69) is 20.8 Å². The number of aliphatic hydroxyl groups excluding tert-OH is 1. The van der Waals surface area contributed by atoms with E-state index in [0.717, 1.165) is 5.92 Å². The van der Waals surface area contributed by atoms with E-state index in [-0.39, 0.29) is 12.2 Å². The van der Waals surface area contributed by atoms with Crippen LogP contribution in [0.4, 0.5) is 0 Å². The monoisotopic (exact) mass is 219 g/mol. The highest BCUT2D eigenvalue weighted by Crippen LogP contribution is 1.92. The SMILES string of the molecule is CC(C)C.CC(C)OCC(O)CN(C)C. The van der Waals surface area contributed by atoms with Crippen LogP contribution in [0.1, 0.15) is 34.6 Å². The van der Waals surface area contributed by atoms with Crippen molar-refractivity contribution in [1.82, 2.24) is 4.90 Å². The second-order valence-corrected chi connectivity index (χ2v) is 5.03. The van der Waals surface area contributed by atoms with Gasteiger partial charge in [0.2, 0.25) is 0 Å². The molecule has 0 bridgehead atoms.